The van der Waals surface area contributed by atoms with Gasteiger partial charge in [0.15, 0.2) is 5.69 Å². The molecular weight excluding hydrogens is 344 g/mol. The van der Waals surface area contributed by atoms with Crippen LogP contribution in [0.15, 0.2) is 45.4 Å². The molecule has 0 aliphatic carbocycles. The van der Waals surface area contributed by atoms with Gasteiger partial charge >= 0.3 is 5.56 Å². The zero-order valence-electron chi connectivity index (χ0n) is 15.9. The van der Waals surface area contributed by atoms with Crippen LogP contribution in [-0.4, -0.2) is 26.4 Å². The van der Waals surface area contributed by atoms with Crippen molar-refractivity contribution in [3.05, 3.63) is 57.6 Å². The summed E-state index contributed by atoms with van der Waals surface area (Å²) in [6.07, 6.45) is 0.747. The van der Waals surface area contributed by atoms with Gasteiger partial charge in [0.1, 0.15) is 0 Å². The predicted molar refractivity (Wildman–Crippen MR) is 103 cm³/mol. The lowest BCUT2D eigenvalue weighted by Gasteiger charge is -2.11. The van der Waals surface area contributed by atoms with Crippen molar-refractivity contribution in [2.24, 2.45) is 10.2 Å². The fourth-order valence-electron chi connectivity index (χ4n) is 2.72. The van der Waals surface area contributed by atoms with Crippen LogP contribution in [0, 0.1) is 13.8 Å². The van der Waals surface area contributed by atoms with Crippen LogP contribution < -0.4 is 10.3 Å². The Hall–Kier alpha value is -3.29. The van der Waals surface area contributed by atoms with Gasteiger partial charge in [0.2, 0.25) is 5.88 Å². The van der Waals surface area contributed by atoms with E-state index in [0.29, 0.717) is 23.9 Å². The highest BCUT2D eigenvalue weighted by Crippen LogP contribution is 2.22. The minimum atomic E-state index is -0.363. The summed E-state index contributed by atoms with van der Waals surface area (Å²) in [6, 6.07) is 9.24. The Morgan fingerprint density at radius 1 is 1.11 bits per heavy atom. The van der Waals surface area contributed by atoms with Crippen molar-refractivity contribution in [2.45, 2.75) is 34.1 Å². The highest BCUT2D eigenvalue weighted by atomic mass is 16.5. The molecule has 0 amide bonds. The molecule has 0 radical (unpaired) electrons. The summed E-state index contributed by atoms with van der Waals surface area (Å²) < 4.78 is 6.90. The summed E-state index contributed by atoms with van der Waals surface area (Å²) in [7, 11) is 0. The first-order valence-electron chi connectivity index (χ1n) is 8.84. The van der Waals surface area contributed by atoms with E-state index in [4.69, 9.17) is 4.74 Å². The maximum absolute atomic E-state index is 12.8. The predicted octanol–water partition coefficient (Wildman–Crippen LogP) is 3.95. The van der Waals surface area contributed by atoms with Gasteiger partial charge in [-0.3, -0.25) is 9.89 Å². The van der Waals surface area contributed by atoms with Crippen LogP contribution in [0.25, 0.3) is 5.95 Å². The molecule has 0 saturated heterocycles. The number of nitrogens with zero attached hydrogens (tertiary/aromatic N) is 5. The summed E-state index contributed by atoms with van der Waals surface area (Å²) in [5.41, 5.74) is 2.81. The fourth-order valence-corrected chi connectivity index (χ4v) is 2.72. The van der Waals surface area contributed by atoms with Gasteiger partial charge < -0.3 is 4.74 Å². The monoisotopic (exact) mass is 366 g/mol. The standard InChI is InChI=1S/C19H22N6O2/c1-5-15-12(3)20-19(21-17(15)27-6-2)25-18(26)16(13(4)24-25)23-22-14-10-8-7-9-11-14/h7-11,24H,5-6H2,1-4H3. The quantitative estimate of drug-likeness (QED) is 0.668. The SMILES string of the molecule is CCOc1nc(-n2[nH]c(C)c(N=Nc3ccccc3)c2=O)nc(C)c1CC. The van der Waals surface area contributed by atoms with Crippen molar-refractivity contribution in [1.29, 1.82) is 0 Å². The number of H-pyrrole nitrogens is 1. The summed E-state index contributed by atoms with van der Waals surface area (Å²) >= 11 is 0. The zero-order chi connectivity index (χ0) is 19.4. The Morgan fingerprint density at radius 2 is 1.85 bits per heavy atom. The van der Waals surface area contributed by atoms with E-state index >= 15 is 0 Å². The molecule has 8 nitrogen and oxygen atoms in total. The van der Waals surface area contributed by atoms with E-state index in [1.807, 2.05) is 51.1 Å². The second kappa shape index (κ2) is 7.94. The average Bonchev–Trinajstić information content (AvgIpc) is 2.95. The number of azo groups is 1. The molecule has 0 spiro atoms. The molecule has 0 aliphatic heterocycles. The number of nitrogens with one attached hydrogen (secondary N) is 1. The van der Waals surface area contributed by atoms with Crippen LogP contribution >= 0.6 is 0 Å². The van der Waals surface area contributed by atoms with Gasteiger partial charge in [-0.1, -0.05) is 25.1 Å². The molecule has 2 aromatic heterocycles. The second-order valence-electron chi connectivity index (χ2n) is 5.94. The number of aryl methyl sites for hydroxylation is 2. The van der Waals surface area contributed by atoms with Crippen molar-refractivity contribution in [2.75, 3.05) is 6.61 Å². The number of benzene rings is 1. The topological polar surface area (TPSA) is 97.5 Å². The first-order valence-corrected chi connectivity index (χ1v) is 8.84. The minimum Gasteiger partial charge on any atom is -0.478 e. The first-order chi connectivity index (χ1) is 13.0. The normalized spacial score (nSPS) is 11.3. The van der Waals surface area contributed by atoms with Gasteiger partial charge in [-0.15, -0.1) is 5.11 Å². The molecule has 0 bridgehead atoms. The van der Waals surface area contributed by atoms with Gasteiger partial charge in [-0.25, -0.2) is 4.98 Å². The molecule has 140 valence electrons. The Bertz CT molecular complexity index is 1020. The highest BCUT2D eigenvalue weighted by Gasteiger charge is 2.18. The molecule has 3 rings (SSSR count). The van der Waals surface area contributed by atoms with Crippen molar-refractivity contribution < 1.29 is 4.74 Å². The zero-order valence-corrected chi connectivity index (χ0v) is 15.9. The second-order valence-corrected chi connectivity index (χ2v) is 5.94. The van der Waals surface area contributed by atoms with Crippen molar-refractivity contribution in [3.8, 4) is 11.8 Å². The third-order valence-electron chi connectivity index (χ3n) is 4.06. The molecular formula is C19H22N6O2. The molecule has 1 aromatic carbocycles. The Morgan fingerprint density at radius 3 is 2.52 bits per heavy atom. The van der Waals surface area contributed by atoms with E-state index in [2.05, 4.69) is 25.3 Å². The fraction of sp³-hybridized carbons (Fsp3) is 0.316. The summed E-state index contributed by atoms with van der Waals surface area (Å²) in [5, 5.41) is 11.2. The average molecular weight is 366 g/mol. The first kappa shape index (κ1) is 18.5. The van der Waals surface area contributed by atoms with Gasteiger partial charge in [-0.05, 0) is 39.3 Å². The van der Waals surface area contributed by atoms with E-state index in [1.54, 1.807) is 6.92 Å². The number of hydrogen-bond acceptors (Lipinski definition) is 6. The maximum atomic E-state index is 12.8. The largest absolute Gasteiger partial charge is 0.478 e. The van der Waals surface area contributed by atoms with E-state index in [0.717, 1.165) is 17.7 Å². The summed E-state index contributed by atoms with van der Waals surface area (Å²) in [5.74, 6) is 0.719. The van der Waals surface area contributed by atoms with Crippen LogP contribution in [0.2, 0.25) is 0 Å². The van der Waals surface area contributed by atoms with Crippen LogP contribution in [0.4, 0.5) is 11.4 Å². The van der Waals surface area contributed by atoms with Crippen LogP contribution in [0.1, 0.15) is 30.8 Å². The Balaban J connectivity index is 2.04. The van der Waals surface area contributed by atoms with Crippen molar-refractivity contribution >= 4 is 11.4 Å². The molecule has 0 unspecified atom stereocenters. The van der Waals surface area contributed by atoms with Crippen molar-refractivity contribution in [3.63, 3.8) is 0 Å². The van der Waals surface area contributed by atoms with Gasteiger partial charge in [-0.2, -0.15) is 14.8 Å². The molecule has 27 heavy (non-hydrogen) atoms. The number of ether oxygens (including phenoxy) is 1. The lowest BCUT2D eigenvalue weighted by atomic mass is 10.2. The molecule has 0 aliphatic rings. The lowest BCUT2D eigenvalue weighted by Crippen LogP contribution is -2.19. The maximum Gasteiger partial charge on any atom is 0.301 e. The molecule has 0 fully saturated rings. The number of aromatic amines is 1. The number of hydrogen-bond donors (Lipinski definition) is 1. The van der Waals surface area contributed by atoms with Gasteiger partial charge in [0, 0.05) is 11.3 Å². The molecule has 2 heterocycles. The Kier molecular flexibility index (Phi) is 5.44. The lowest BCUT2D eigenvalue weighted by molar-refractivity contribution is 0.321. The van der Waals surface area contributed by atoms with E-state index in [1.165, 1.54) is 4.68 Å². The number of aromatic nitrogens is 4. The van der Waals surface area contributed by atoms with E-state index in [9.17, 15) is 4.79 Å². The Labute approximate surface area is 157 Å². The highest BCUT2D eigenvalue weighted by molar-refractivity contribution is 5.43. The minimum absolute atomic E-state index is 0.220. The molecule has 1 N–H and O–H groups in total. The van der Waals surface area contributed by atoms with Gasteiger partial charge in [0.05, 0.1) is 18.0 Å². The summed E-state index contributed by atoms with van der Waals surface area (Å²) in [4.78, 5) is 21.7. The molecule has 8 heteroatoms. The van der Waals surface area contributed by atoms with Crippen LogP contribution in [-0.2, 0) is 6.42 Å². The third kappa shape index (κ3) is 3.79. The van der Waals surface area contributed by atoms with E-state index in [-0.39, 0.29) is 17.2 Å². The van der Waals surface area contributed by atoms with Gasteiger partial charge in [0.25, 0.3) is 5.95 Å². The number of rotatable bonds is 6. The summed E-state index contributed by atoms with van der Waals surface area (Å²) in [6.45, 7) is 8.03. The molecule has 3 aromatic rings. The van der Waals surface area contributed by atoms with E-state index < -0.39 is 0 Å². The van der Waals surface area contributed by atoms with Crippen LogP contribution in [0.3, 0.4) is 0 Å². The molecule has 0 saturated carbocycles. The smallest absolute Gasteiger partial charge is 0.301 e. The van der Waals surface area contributed by atoms with Crippen LogP contribution in [0.5, 0.6) is 5.88 Å². The third-order valence-corrected chi connectivity index (χ3v) is 4.06. The molecule has 0 atom stereocenters. The van der Waals surface area contributed by atoms with Crippen molar-refractivity contribution in [1.82, 2.24) is 19.7 Å².